The van der Waals surface area contributed by atoms with E-state index in [1.54, 1.807) is 6.33 Å². The van der Waals surface area contributed by atoms with Gasteiger partial charge in [0.2, 0.25) is 0 Å². The molecule has 1 aromatic carbocycles. The van der Waals surface area contributed by atoms with Gasteiger partial charge in [-0.1, -0.05) is 24.6 Å². The van der Waals surface area contributed by atoms with E-state index < -0.39 is 0 Å². The third-order valence-electron chi connectivity index (χ3n) is 4.45. The summed E-state index contributed by atoms with van der Waals surface area (Å²) in [5.41, 5.74) is 0.978. The van der Waals surface area contributed by atoms with Crippen molar-refractivity contribution in [1.29, 1.82) is 0 Å². The van der Waals surface area contributed by atoms with Crippen LogP contribution in [0.2, 0.25) is 0 Å². The van der Waals surface area contributed by atoms with Crippen LogP contribution < -0.4 is 10.6 Å². The van der Waals surface area contributed by atoms with Gasteiger partial charge in [-0.2, -0.15) is 0 Å². The molecule has 0 spiro atoms. The van der Waals surface area contributed by atoms with E-state index in [4.69, 9.17) is 0 Å². The van der Waals surface area contributed by atoms with Gasteiger partial charge in [-0.15, -0.1) is 10.2 Å². The van der Waals surface area contributed by atoms with Crippen LogP contribution in [0.3, 0.4) is 0 Å². The number of rotatable bonds is 7. The van der Waals surface area contributed by atoms with Gasteiger partial charge in [0.05, 0.1) is 6.54 Å². The summed E-state index contributed by atoms with van der Waals surface area (Å²) < 4.78 is 1.87. The molecule has 1 aliphatic heterocycles. The van der Waals surface area contributed by atoms with E-state index in [1.165, 1.54) is 32.4 Å². The Kier molecular flexibility index (Phi) is 6.39. The second-order valence-corrected chi connectivity index (χ2v) is 6.32. The zero-order valence-corrected chi connectivity index (χ0v) is 14.5. The Morgan fingerprint density at radius 1 is 1.08 bits per heavy atom. The molecule has 134 valence electrons. The molecule has 0 radical (unpaired) electrons. The van der Waals surface area contributed by atoms with Crippen LogP contribution >= 0.6 is 0 Å². The van der Waals surface area contributed by atoms with E-state index in [-0.39, 0.29) is 6.03 Å². The largest absolute Gasteiger partial charge is 0.338 e. The summed E-state index contributed by atoms with van der Waals surface area (Å²) in [7, 11) is 0. The van der Waals surface area contributed by atoms with Gasteiger partial charge >= 0.3 is 6.03 Å². The Hall–Kier alpha value is -2.41. The average molecular weight is 342 g/mol. The smallest absolute Gasteiger partial charge is 0.315 e. The predicted molar refractivity (Wildman–Crippen MR) is 96.5 cm³/mol. The molecule has 1 fully saturated rings. The number of aromatic nitrogens is 3. The highest BCUT2D eigenvalue weighted by Gasteiger charge is 2.10. The Balaban J connectivity index is 1.37. The number of hydrogen-bond acceptors (Lipinski definition) is 4. The lowest BCUT2D eigenvalue weighted by Crippen LogP contribution is -2.38. The fourth-order valence-electron chi connectivity index (χ4n) is 3.09. The van der Waals surface area contributed by atoms with Crippen molar-refractivity contribution in [3.05, 3.63) is 42.5 Å². The Bertz CT molecular complexity index is 651. The summed E-state index contributed by atoms with van der Waals surface area (Å²) in [4.78, 5) is 14.4. The molecule has 0 bridgehead atoms. The monoisotopic (exact) mass is 342 g/mol. The van der Waals surface area contributed by atoms with E-state index in [0.29, 0.717) is 18.9 Å². The third-order valence-corrected chi connectivity index (χ3v) is 4.45. The van der Waals surface area contributed by atoms with Gasteiger partial charge in [0, 0.05) is 12.2 Å². The number of nitrogens with one attached hydrogen (secondary N) is 2. The lowest BCUT2D eigenvalue weighted by molar-refractivity contribution is 0.222. The highest BCUT2D eigenvalue weighted by Crippen LogP contribution is 2.09. The molecule has 2 aromatic rings. The maximum Gasteiger partial charge on any atom is 0.315 e. The Labute approximate surface area is 148 Å². The van der Waals surface area contributed by atoms with Gasteiger partial charge in [0.1, 0.15) is 6.33 Å². The summed E-state index contributed by atoms with van der Waals surface area (Å²) in [6.45, 7) is 4.48. The summed E-state index contributed by atoms with van der Waals surface area (Å²) in [5, 5.41) is 13.8. The van der Waals surface area contributed by atoms with Crippen LogP contribution in [0.25, 0.3) is 5.69 Å². The molecule has 0 aliphatic carbocycles. The number of urea groups is 1. The molecule has 1 aromatic heterocycles. The quantitative estimate of drug-likeness (QED) is 0.754. The van der Waals surface area contributed by atoms with Crippen molar-refractivity contribution < 1.29 is 4.79 Å². The van der Waals surface area contributed by atoms with Crippen molar-refractivity contribution in [2.45, 2.75) is 32.2 Å². The zero-order valence-electron chi connectivity index (χ0n) is 14.5. The standard InChI is InChI=1S/C18H26N6O/c25-18(19-10-7-13-23-11-5-2-6-12-23)20-14-17-22-21-15-24(17)16-8-3-1-4-9-16/h1,3-4,8-9,15H,2,5-7,10-14H2,(H2,19,20,25). The topological polar surface area (TPSA) is 75.1 Å². The zero-order chi connectivity index (χ0) is 17.3. The summed E-state index contributed by atoms with van der Waals surface area (Å²) in [6, 6.07) is 9.68. The minimum Gasteiger partial charge on any atom is -0.338 e. The van der Waals surface area contributed by atoms with Crippen LogP contribution in [0.4, 0.5) is 4.79 Å². The molecule has 2 heterocycles. The molecule has 0 saturated carbocycles. The fourth-order valence-corrected chi connectivity index (χ4v) is 3.09. The Morgan fingerprint density at radius 3 is 2.68 bits per heavy atom. The molecule has 7 nitrogen and oxygen atoms in total. The molecular formula is C18H26N6O. The summed E-state index contributed by atoms with van der Waals surface area (Å²) in [6.07, 6.45) is 6.59. The van der Waals surface area contributed by atoms with Crippen molar-refractivity contribution in [1.82, 2.24) is 30.3 Å². The van der Waals surface area contributed by atoms with Crippen molar-refractivity contribution in [3.63, 3.8) is 0 Å². The minimum atomic E-state index is -0.166. The summed E-state index contributed by atoms with van der Waals surface area (Å²) >= 11 is 0. The lowest BCUT2D eigenvalue weighted by Gasteiger charge is -2.26. The SMILES string of the molecule is O=C(NCCCN1CCCCC1)NCc1nncn1-c1ccccc1. The van der Waals surface area contributed by atoms with Crippen LogP contribution in [-0.2, 0) is 6.54 Å². The number of carbonyl (C=O) groups is 1. The highest BCUT2D eigenvalue weighted by atomic mass is 16.2. The Morgan fingerprint density at radius 2 is 1.88 bits per heavy atom. The van der Waals surface area contributed by atoms with E-state index in [9.17, 15) is 4.79 Å². The van der Waals surface area contributed by atoms with E-state index in [1.807, 2.05) is 34.9 Å². The maximum atomic E-state index is 11.9. The lowest BCUT2D eigenvalue weighted by atomic mass is 10.1. The molecule has 0 atom stereocenters. The number of benzene rings is 1. The molecule has 1 saturated heterocycles. The number of para-hydroxylation sites is 1. The molecule has 1 aliphatic rings. The molecular weight excluding hydrogens is 316 g/mol. The first-order valence-electron chi connectivity index (χ1n) is 9.01. The van der Waals surface area contributed by atoms with E-state index in [0.717, 1.165) is 18.7 Å². The second-order valence-electron chi connectivity index (χ2n) is 6.32. The van der Waals surface area contributed by atoms with Crippen molar-refractivity contribution >= 4 is 6.03 Å². The number of likely N-dealkylation sites (tertiary alicyclic amines) is 1. The molecule has 2 amide bonds. The first-order valence-corrected chi connectivity index (χ1v) is 9.01. The van der Waals surface area contributed by atoms with Crippen LogP contribution in [-0.4, -0.2) is 51.9 Å². The van der Waals surface area contributed by atoms with Crippen LogP contribution in [0.15, 0.2) is 36.7 Å². The van der Waals surface area contributed by atoms with Gasteiger partial charge in [-0.05, 0) is 51.0 Å². The number of amides is 2. The van der Waals surface area contributed by atoms with Gasteiger partial charge < -0.3 is 15.5 Å². The first-order chi connectivity index (χ1) is 12.3. The highest BCUT2D eigenvalue weighted by molar-refractivity contribution is 5.73. The van der Waals surface area contributed by atoms with Crippen molar-refractivity contribution in [2.75, 3.05) is 26.2 Å². The van der Waals surface area contributed by atoms with Gasteiger partial charge in [0.25, 0.3) is 0 Å². The van der Waals surface area contributed by atoms with Crippen LogP contribution in [0.5, 0.6) is 0 Å². The van der Waals surface area contributed by atoms with Crippen molar-refractivity contribution in [3.8, 4) is 5.69 Å². The number of carbonyl (C=O) groups excluding carboxylic acids is 1. The van der Waals surface area contributed by atoms with Crippen LogP contribution in [0.1, 0.15) is 31.5 Å². The van der Waals surface area contributed by atoms with Gasteiger partial charge in [0.15, 0.2) is 5.82 Å². The normalized spacial score (nSPS) is 15.0. The van der Waals surface area contributed by atoms with Crippen molar-refractivity contribution in [2.24, 2.45) is 0 Å². The maximum absolute atomic E-state index is 11.9. The molecule has 3 rings (SSSR count). The predicted octanol–water partition coefficient (Wildman–Crippen LogP) is 1.94. The first kappa shape index (κ1) is 17.4. The number of nitrogens with zero attached hydrogens (tertiary/aromatic N) is 4. The average Bonchev–Trinajstić information content (AvgIpc) is 3.14. The third kappa shape index (κ3) is 5.29. The van der Waals surface area contributed by atoms with E-state index >= 15 is 0 Å². The molecule has 25 heavy (non-hydrogen) atoms. The van der Waals surface area contributed by atoms with E-state index in [2.05, 4.69) is 25.7 Å². The van der Waals surface area contributed by atoms with Crippen LogP contribution in [0, 0.1) is 0 Å². The summed E-state index contributed by atoms with van der Waals surface area (Å²) in [5.74, 6) is 0.703. The van der Waals surface area contributed by atoms with Gasteiger partial charge in [-0.3, -0.25) is 4.57 Å². The fraction of sp³-hybridized carbons (Fsp3) is 0.500. The number of hydrogen-bond donors (Lipinski definition) is 2. The molecule has 2 N–H and O–H groups in total. The van der Waals surface area contributed by atoms with Gasteiger partial charge in [-0.25, -0.2) is 4.79 Å². The molecule has 0 unspecified atom stereocenters. The second kappa shape index (κ2) is 9.17. The number of piperidine rings is 1. The minimum absolute atomic E-state index is 0.166. The molecule has 7 heteroatoms.